The molecule has 2 nitrogen and oxygen atoms in total. The number of rotatable bonds is 5. The van der Waals surface area contributed by atoms with Gasteiger partial charge in [-0.05, 0) is 55.2 Å². The van der Waals surface area contributed by atoms with Gasteiger partial charge in [-0.1, -0.05) is 6.07 Å². The third-order valence-corrected chi connectivity index (χ3v) is 3.12. The average molecular weight is 244 g/mol. The van der Waals surface area contributed by atoms with Crippen LogP contribution in [-0.2, 0) is 0 Å². The Hall–Kier alpha value is -0.800. The molecule has 1 N–H and O–H groups in total. The van der Waals surface area contributed by atoms with Crippen LogP contribution in [0, 0.1) is 11.7 Å². The largest absolute Gasteiger partial charge is 0.490 e. The van der Waals surface area contributed by atoms with E-state index in [0.29, 0.717) is 18.3 Å². The van der Waals surface area contributed by atoms with Gasteiger partial charge in [0.05, 0.1) is 6.61 Å². The first-order valence-corrected chi connectivity index (χ1v) is 5.87. The summed E-state index contributed by atoms with van der Waals surface area (Å²) in [6.07, 6.45) is 2.39. The second kappa shape index (κ2) is 5.02. The maximum atomic E-state index is 13.4. The number of benzene rings is 1. The molecule has 0 bridgehead atoms. The highest BCUT2D eigenvalue weighted by atomic mass is 35.5. The molecule has 4 heteroatoms. The van der Waals surface area contributed by atoms with E-state index in [1.54, 1.807) is 12.1 Å². The molecule has 88 valence electrons. The lowest BCUT2D eigenvalue weighted by Crippen LogP contribution is -2.08. The van der Waals surface area contributed by atoms with Crippen molar-refractivity contribution in [3.8, 4) is 5.75 Å². The Morgan fingerprint density at radius 3 is 2.94 bits per heavy atom. The second-order valence-electron chi connectivity index (χ2n) is 4.28. The highest BCUT2D eigenvalue weighted by Gasteiger charge is 2.22. The molecule has 0 heterocycles. The van der Waals surface area contributed by atoms with E-state index >= 15 is 0 Å². The minimum atomic E-state index is -0.314. The molecular weight excluding hydrogens is 229 g/mol. The molecule has 1 aliphatic rings. The Bertz CT molecular complexity index is 368. The van der Waals surface area contributed by atoms with E-state index in [9.17, 15) is 4.39 Å². The summed E-state index contributed by atoms with van der Waals surface area (Å²) in [4.78, 5) is 2.60. The van der Waals surface area contributed by atoms with Crippen LogP contribution in [0.3, 0.4) is 0 Å². The zero-order chi connectivity index (χ0) is 11.5. The van der Waals surface area contributed by atoms with E-state index in [1.807, 2.05) is 6.92 Å². The van der Waals surface area contributed by atoms with Crippen LogP contribution in [-0.4, -0.2) is 6.61 Å². The molecule has 0 unspecified atom stereocenters. The summed E-state index contributed by atoms with van der Waals surface area (Å²) >= 11 is 5.53. The van der Waals surface area contributed by atoms with Gasteiger partial charge in [-0.3, -0.25) is 0 Å². The Balaban J connectivity index is 2.07. The summed E-state index contributed by atoms with van der Waals surface area (Å²) in [6, 6.07) is 4.81. The molecule has 1 atom stereocenters. The van der Waals surface area contributed by atoms with Gasteiger partial charge >= 0.3 is 0 Å². The first-order valence-electron chi connectivity index (χ1n) is 5.49. The van der Waals surface area contributed by atoms with E-state index in [0.717, 1.165) is 5.56 Å². The smallest absolute Gasteiger partial charge is 0.165 e. The van der Waals surface area contributed by atoms with Crippen LogP contribution in [0.1, 0.15) is 31.4 Å². The second-order valence-corrected chi connectivity index (χ2v) is 4.49. The van der Waals surface area contributed by atoms with Crippen molar-refractivity contribution in [1.29, 1.82) is 0 Å². The van der Waals surface area contributed by atoms with Gasteiger partial charge in [0.1, 0.15) is 0 Å². The summed E-state index contributed by atoms with van der Waals surface area (Å²) in [5.74, 6) is 0.626. The molecule has 1 aromatic rings. The van der Waals surface area contributed by atoms with Crippen LogP contribution in [0.5, 0.6) is 5.75 Å². The van der Waals surface area contributed by atoms with Crippen molar-refractivity contribution in [3.63, 3.8) is 0 Å². The number of hydrogen-bond acceptors (Lipinski definition) is 2. The standard InChI is InChI=1S/C12H15ClFNO/c1-8(15-13)10-4-5-11(14)12(6-10)16-7-9-2-3-9/h4-6,8-9,15H,2-3,7H2,1H3/t8-/m1/s1. The third-order valence-electron chi connectivity index (χ3n) is 2.79. The molecule has 0 radical (unpaired) electrons. The van der Waals surface area contributed by atoms with E-state index in [1.165, 1.54) is 18.9 Å². The van der Waals surface area contributed by atoms with Gasteiger partial charge in [0.15, 0.2) is 11.6 Å². The lowest BCUT2D eigenvalue weighted by Gasteiger charge is -2.12. The monoisotopic (exact) mass is 243 g/mol. The van der Waals surface area contributed by atoms with Crippen LogP contribution in [0.2, 0.25) is 0 Å². The quantitative estimate of drug-likeness (QED) is 0.801. The molecule has 0 spiro atoms. The molecule has 0 amide bonds. The summed E-state index contributed by atoms with van der Waals surface area (Å²) in [6.45, 7) is 2.52. The van der Waals surface area contributed by atoms with Crippen molar-refractivity contribution in [2.45, 2.75) is 25.8 Å². The molecule has 0 aromatic heterocycles. The fourth-order valence-electron chi connectivity index (χ4n) is 1.46. The number of ether oxygens (including phenoxy) is 1. The molecule has 1 aliphatic carbocycles. The Kier molecular flexibility index (Phi) is 3.66. The normalized spacial score (nSPS) is 17.2. The summed E-state index contributed by atoms with van der Waals surface area (Å²) in [5, 5.41) is 0. The van der Waals surface area contributed by atoms with Crippen molar-refractivity contribution >= 4 is 11.8 Å². The molecule has 2 rings (SSSR count). The van der Waals surface area contributed by atoms with Gasteiger partial charge < -0.3 is 4.74 Å². The van der Waals surface area contributed by atoms with E-state index in [-0.39, 0.29) is 11.9 Å². The van der Waals surface area contributed by atoms with E-state index in [4.69, 9.17) is 16.5 Å². The predicted molar refractivity (Wildman–Crippen MR) is 62.0 cm³/mol. The van der Waals surface area contributed by atoms with Crippen LogP contribution < -0.4 is 9.57 Å². The highest BCUT2D eigenvalue weighted by molar-refractivity contribution is 6.13. The summed E-state index contributed by atoms with van der Waals surface area (Å²) < 4.78 is 18.9. The fourth-order valence-corrected chi connectivity index (χ4v) is 1.58. The Morgan fingerprint density at radius 2 is 2.31 bits per heavy atom. The Labute approximate surface area is 99.9 Å². The first kappa shape index (κ1) is 11.7. The zero-order valence-corrected chi connectivity index (χ0v) is 9.93. The Morgan fingerprint density at radius 1 is 1.56 bits per heavy atom. The van der Waals surface area contributed by atoms with Gasteiger partial charge in [-0.25, -0.2) is 9.23 Å². The average Bonchev–Trinajstić information content (AvgIpc) is 3.11. The third kappa shape index (κ3) is 2.86. The van der Waals surface area contributed by atoms with Crippen LogP contribution in [0.4, 0.5) is 4.39 Å². The van der Waals surface area contributed by atoms with Gasteiger partial charge in [-0.15, -0.1) is 0 Å². The lowest BCUT2D eigenvalue weighted by atomic mass is 10.1. The molecule has 0 aliphatic heterocycles. The van der Waals surface area contributed by atoms with Crippen LogP contribution >= 0.6 is 11.8 Å². The summed E-state index contributed by atoms with van der Waals surface area (Å²) in [5.41, 5.74) is 0.919. The molecule has 1 fully saturated rings. The predicted octanol–water partition coefficient (Wildman–Crippen LogP) is 3.42. The number of nitrogens with one attached hydrogen (secondary N) is 1. The molecule has 16 heavy (non-hydrogen) atoms. The maximum absolute atomic E-state index is 13.4. The molecule has 0 saturated heterocycles. The van der Waals surface area contributed by atoms with Crippen molar-refractivity contribution in [1.82, 2.24) is 4.84 Å². The minimum Gasteiger partial charge on any atom is -0.490 e. The topological polar surface area (TPSA) is 21.3 Å². The van der Waals surface area contributed by atoms with Gasteiger partial charge in [-0.2, -0.15) is 0 Å². The van der Waals surface area contributed by atoms with Crippen molar-refractivity contribution in [2.24, 2.45) is 5.92 Å². The van der Waals surface area contributed by atoms with Crippen molar-refractivity contribution < 1.29 is 9.13 Å². The fraction of sp³-hybridized carbons (Fsp3) is 0.500. The number of hydrogen-bond donors (Lipinski definition) is 1. The van der Waals surface area contributed by atoms with Gasteiger partial charge in [0.2, 0.25) is 0 Å². The van der Waals surface area contributed by atoms with Gasteiger partial charge in [0.25, 0.3) is 0 Å². The molecular formula is C12H15ClFNO. The SMILES string of the molecule is C[C@@H](NCl)c1ccc(F)c(OCC2CC2)c1. The highest BCUT2D eigenvalue weighted by Crippen LogP contribution is 2.31. The number of halogens is 2. The van der Waals surface area contributed by atoms with Crippen molar-refractivity contribution in [2.75, 3.05) is 6.61 Å². The summed E-state index contributed by atoms with van der Waals surface area (Å²) in [7, 11) is 0. The van der Waals surface area contributed by atoms with E-state index in [2.05, 4.69) is 4.84 Å². The van der Waals surface area contributed by atoms with E-state index < -0.39 is 0 Å². The first-order chi connectivity index (χ1) is 7.70. The van der Waals surface area contributed by atoms with Crippen LogP contribution in [0.15, 0.2) is 18.2 Å². The zero-order valence-electron chi connectivity index (χ0n) is 9.17. The maximum Gasteiger partial charge on any atom is 0.165 e. The molecule has 1 saturated carbocycles. The van der Waals surface area contributed by atoms with Crippen LogP contribution in [0.25, 0.3) is 0 Å². The molecule has 1 aromatic carbocycles. The minimum absolute atomic E-state index is 0.0226. The van der Waals surface area contributed by atoms with Gasteiger partial charge in [0, 0.05) is 6.04 Å². The lowest BCUT2D eigenvalue weighted by molar-refractivity contribution is 0.285. The van der Waals surface area contributed by atoms with Crippen molar-refractivity contribution in [3.05, 3.63) is 29.6 Å².